The number of hydrogen-bond acceptors (Lipinski definition) is 8. The number of aromatic nitrogens is 5. The Morgan fingerprint density at radius 2 is 1.97 bits per heavy atom. The summed E-state index contributed by atoms with van der Waals surface area (Å²) < 4.78 is 20.8. The van der Waals surface area contributed by atoms with E-state index in [0.29, 0.717) is 40.4 Å². The number of H-pyrrole nitrogens is 1. The zero-order valence-corrected chi connectivity index (χ0v) is 18.7. The first-order valence-corrected chi connectivity index (χ1v) is 11.1. The van der Waals surface area contributed by atoms with Crippen molar-refractivity contribution < 1.29 is 9.13 Å². The Labute approximate surface area is 189 Å². The fourth-order valence-corrected chi connectivity index (χ4v) is 5.26. The van der Waals surface area contributed by atoms with Crippen LogP contribution in [0.15, 0.2) is 18.5 Å². The third-order valence-corrected chi connectivity index (χ3v) is 6.92. The molecule has 0 radical (unpaired) electrons. The van der Waals surface area contributed by atoms with E-state index < -0.39 is 0 Å². The average molecular weight is 449 g/mol. The molecule has 33 heavy (non-hydrogen) atoms. The Morgan fingerprint density at radius 3 is 2.70 bits per heavy atom. The molecular formula is C23H25FN8O. The predicted octanol–water partition coefficient (Wildman–Crippen LogP) is 3.42. The number of halogens is 1. The van der Waals surface area contributed by atoms with E-state index in [1.165, 1.54) is 6.07 Å². The van der Waals surface area contributed by atoms with E-state index >= 15 is 0 Å². The molecule has 3 atom stereocenters. The molecule has 4 aromatic rings. The number of nitrogens with two attached hydrogens (primary N) is 1. The summed E-state index contributed by atoms with van der Waals surface area (Å²) in [5.41, 5.74) is 8.84. The third kappa shape index (κ3) is 3.08. The number of aromatic amines is 1. The molecule has 1 saturated heterocycles. The number of nitrogens with one attached hydrogen (secondary N) is 2. The summed E-state index contributed by atoms with van der Waals surface area (Å²) in [6.45, 7) is 4.45. The van der Waals surface area contributed by atoms with Crippen molar-refractivity contribution in [3.8, 4) is 11.8 Å². The highest BCUT2D eigenvalue weighted by Gasteiger charge is 2.46. The maximum atomic E-state index is 14.8. The fraction of sp³-hybridized carbons (Fsp3) is 0.391. The van der Waals surface area contributed by atoms with Crippen molar-refractivity contribution in [3.05, 3.63) is 35.7 Å². The highest BCUT2D eigenvalue weighted by atomic mass is 19.1. The number of fused-ring (bicyclic) bond motifs is 4. The topological polar surface area (TPSA) is 118 Å². The minimum atomic E-state index is -0.278. The highest BCUT2D eigenvalue weighted by Crippen LogP contribution is 2.46. The molecule has 1 saturated carbocycles. The Kier molecular flexibility index (Phi) is 4.41. The van der Waals surface area contributed by atoms with Gasteiger partial charge in [-0.15, -0.1) is 0 Å². The molecule has 3 aromatic heterocycles. The van der Waals surface area contributed by atoms with Gasteiger partial charge >= 0.3 is 6.01 Å². The minimum absolute atomic E-state index is 0.186. The van der Waals surface area contributed by atoms with Gasteiger partial charge in [-0.2, -0.15) is 9.97 Å². The van der Waals surface area contributed by atoms with Crippen molar-refractivity contribution in [2.75, 3.05) is 23.8 Å². The van der Waals surface area contributed by atoms with Crippen molar-refractivity contribution in [3.63, 3.8) is 0 Å². The Balaban J connectivity index is 1.56. The zero-order chi connectivity index (χ0) is 22.9. The van der Waals surface area contributed by atoms with Gasteiger partial charge in [0.25, 0.3) is 0 Å². The van der Waals surface area contributed by atoms with Gasteiger partial charge in [0.2, 0.25) is 0 Å². The summed E-state index contributed by atoms with van der Waals surface area (Å²) in [4.78, 5) is 23.4. The van der Waals surface area contributed by atoms with Gasteiger partial charge in [-0.05, 0) is 44.2 Å². The third-order valence-electron chi connectivity index (χ3n) is 6.92. The molecule has 0 amide bonds. The molecule has 0 spiro atoms. The van der Waals surface area contributed by atoms with Crippen molar-refractivity contribution in [1.82, 2.24) is 24.9 Å². The van der Waals surface area contributed by atoms with Gasteiger partial charge in [0, 0.05) is 31.1 Å². The second kappa shape index (κ2) is 7.24. The first-order valence-electron chi connectivity index (χ1n) is 11.1. The van der Waals surface area contributed by atoms with E-state index in [2.05, 4.69) is 30.2 Å². The summed E-state index contributed by atoms with van der Waals surface area (Å²) >= 11 is 0. The Morgan fingerprint density at radius 1 is 1.18 bits per heavy atom. The monoisotopic (exact) mass is 448 g/mol. The number of aryl methyl sites for hydroxylation is 2. The molecule has 3 unspecified atom stereocenters. The summed E-state index contributed by atoms with van der Waals surface area (Å²) in [6.07, 6.45) is 5.12. The molecule has 1 aliphatic heterocycles. The van der Waals surface area contributed by atoms with Crippen LogP contribution in [0.1, 0.15) is 24.2 Å². The largest absolute Gasteiger partial charge is 0.421 e. The summed E-state index contributed by atoms with van der Waals surface area (Å²) in [5.74, 6) is 2.11. The maximum Gasteiger partial charge on any atom is 0.326 e. The lowest BCUT2D eigenvalue weighted by Crippen LogP contribution is -2.54. The quantitative estimate of drug-likeness (QED) is 0.435. The van der Waals surface area contributed by atoms with Crippen LogP contribution in [-0.2, 0) is 0 Å². The van der Waals surface area contributed by atoms with Crippen molar-refractivity contribution >= 4 is 33.4 Å². The van der Waals surface area contributed by atoms with E-state index in [1.807, 2.05) is 6.92 Å². The summed E-state index contributed by atoms with van der Waals surface area (Å²) in [5, 5.41) is 4.66. The van der Waals surface area contributed by atoms with Crippen LogP contribution in [0.2, 0.25) is 0 Å². The van der Waals surface area contributed by atoms with Crippen molar-refractivity contribution in [2.45, 2.75) is 38.8 Å². The van der Waals surface area contributed by atoms with Crippen molar-refractivity contribution in [1.29, 1.82) is 0 Å². The van der Waals surface area contributed by atoms with Gasteiger partial charge < -0.3 is 25.7 Å². The molecule has 6 rings (SSSR count). The van der Waals surface area contributed by atoms with Crippen molar-refractivity contribution in [2.24, 2.45) is 11.7 Å². The Hall–Kier alpha value is -3.53. The van der Waals surface area contributed by atoms with Gasteiger partial charge in [0.05, 0.1) is 29.0 Å². The second-order valence-electron chi connectivity index (χ2n) is 8.99. The van der Waals surface area contributed by atoms with E-state index in [9.17, 15) is 4.39 Å². The molecule has 9 nitrogen and oxygen atoms in total. The molecule has 0 bridgehead atoms. The van der Waals surface area contributed by atoms with Gasteiger partial charge in [-0.3, -0.25) is 0 Å². The predicted molar refractivity (Wildman–Crippen MR) is 124 cm³/mol. The minimum Gasteiger partial charge on any atom is -0.421 e. The molecule has 10 heteroatoms. The normalized spacial score (nSPS) is 22.0. The van der Waals surface area contributed by atoms with Crippen LogP contribution in [0, 0.1) is 25.6 Å². The molecule has 4 N–H and O–H groups in total. The van der Waals surface area contributed by atoms with E-state index in [4.69, 9.17) is 15.5 Å². The molecule has 4 heterocycles. The van der Waals surface area contributed by atoms with E-state index in [0.717, 1.165) is 41.5 Å². The lowest BCUT2D eigenvalue weighted by atomic mass is 9.91. The fourth-order valence-electron chi connectivity index (χ4n) is 5.26. The zero-order valence-electron chi connectivity index (χ0n) is 18.7. The van der Waals surface area contributed by atoms with Crippen LogP contribution in [0.4, 0.5) is 15.9 Å². The van der Waals surface area contributed by atoms with Gasteiger partial charge in [0.1, 0.15) is 23.1 Å². The first-order chi connectivity index (χ1) is 15.9. The lowest BCUT2D eigenvalue weighted by Gasteiger charge is -2.45. The van der Waals surface area contributed by atoms with Crippen LogP contribution in [-0.4, -0.2) is 50.6 Å². The second-order valence-corrected chi connectivity index (χ2v) is 8.99. The first kappa shape index (κ1) is 20.1. The number of anilines is 2. The van der Waals surface area contributed by atoms with E-state index in [1.54, 1.807) is 26.4 Å². The number of hydrogen-bond donors (Lipinski definition) is 3. The molecule has 2 fully saturated rings. The molecule has 1 aromatic carbocycles. The van der Waals surface area contributed by atoms with E-state index in [-0.39, 0.29) is 17.9 Å². The number of benzene rings is 1. The van der Waals surface area contributed by atoms with Gasteiger partial charge in [-0.1, -0.05) is 0 Å². The molecular weight excluding hydrogens is 423 g/mol. The SMILES string of the molecule is CNc1cc(F)c(C)c2c1[nH]c1nc(Oc3cnc(C)nc3)nc(N3CC4CC(N)CC43)c12. The Bertz CT molecular complexity index is 1390. The number of nitrogens with zero attached hydrogens (tertiary/aromatic N) is 5. The van der Waals surface area contributed by atoms with Crippen LogP contribution < -0.4 is 20.7 Å². The van der Waals surface area contributed by atoms with Gasteiger partial charge in [0.15, 0.2) is 5.75 Å². The standard InChI is InChI=1S/C23H25FN8O/c1-10-15(24)6-16(26-3)20-18(10)19-21(29-20)30-23(33-14-7-27-11(2)28-8-14)31-22(19)32-9-12-4-13(25)5-17(12)32/h6-8,12-13,17,26H,4-5,9,25H2,1-3H3,(H,29,30,31). The summed E-state index contributed by atoms with van der Waals surface area (Å²) in [6, 6.07) is 2.19. The highest BCUT2D eigenvalue weighted by molar-refractivity contribution is 6.16. The molecule has 1 aliphatic carbocycles. The van der Waals surface area contributed by atoms with Crippen LogP contribution >= 0.6 is 0 Å². The van der Waals surface area contributed by atoms with Crippen LogP contribution in [0.5, 0.6) is 11.8 Å². The van der Waals surface area contributed by atoms with Crippen LogP contribution in [0.25, 0.3) is 21.9 Å². The molecule has 170 valence electrons. The maximum absolute atomic E-state index is 14.8. The average Bonchev–Trinajstić information content (AvgIpc) is 3.31. The number of rotatable bonds is 4. The number of ether oxygens (including phenoxy) is 1. The van der Waals surface area contributed by atoms with Crippen LogP contribution in [0.3, 0.4) is 0 Å². The lowest BCUT2D eigenvalue weighted by molar-refractivity contribution is 0.335. The van der Waals surface area contributed by atoms with Gasteiger partial charge in [-0.25, -0.2) is 14.4 Å². The molecule has 2 aliphatic rings. The summed E-state index contributed by atoms with van der Waals surface area (Å²) in [7, 11) is 1.77. The smallest absolute Gasteiger partial charge is 0.326 e.